The van der Waals surface area contributed by atoms with Crippen molar-refractivity contribution in [3.05, 3.63) is 42.0 Å². The van der Waals surface area contributed by atoms with Crippen molar-refractivity contribution < 1.29 is 27.9 Å². The first-order valence-electron chi connectivity index (χ1n) is 7.16. The molecule has 2 aliphatic rings. The van der Waals surface area contributed by atoms with E-state index in [0.29, 0.717) is 6.42 Å². The number of fused-ring (bicyclic) bond motifs is 2. The molecule has 2 aliphatic carbocycles. The first-order chi connectivity index (χ1) is 10.8. The number of allylic oxidation sites excluding steroid dienone is 2. The van der Waals surface area contributed by atoms with Crippen LogP contribution in [0, 0.1) is 23.7 Å². The van der Waals surface area contributed by atoms with Crippen LogP contribution >= 0.6 is 0 Å². The average molecular weight is 325 g/mol. The summed E-state index contributed by atoms with van der Waals surface area (Å²) in [5.41, 5.74) is -0.848. The summed E-state index contributed by atoms with van der Waals surface area (Å²) in [5, 5.41) is 11.7. The van der Waals surface area contributed by atoms with E-state index in [2.05, 4.69) is 5.32 Å². The molecule has 122 valence electrons. The van der Waals surface area contributed by atoms with E-state index in [4.69, 9.17) is 0 Å². The number of amides is 1. The Balaban J connectivity index is 1.80. The van der Waals surface area contributed by atoms with Crippen molar-refractivity contribution in [2.24, 2.45) is 23.7 Å². The molecule has 4 atom stereocenters. The molecule has 0 saturated heterocycles. The van der Waals surface area contributed by atoms with Gasteiger partial charge in [0.15, 0.2) is 0 Å². The smallest absolute Gasteiger partial charge is 0.416 e. The lowest BCUT2D eigenvalue weighted by Gasteiger charge is -2.24. The molecule has 0 heterocycles. The number of rotatable bonds is 3. The molecule has 0 aromatic heterocycles. The summed E-state index contributed by atoms with van der Waals surface area (Å²) in [6.07, 6.45) is -0.283. The van der Waals surface area contributed by atoms with Gasteiger partial charge in [-0.15, -0.1) is 0 Å². The maximum Gasteiger partial charge on any atom is 0.416 e. The number of alkyl halides is 3. The van der Waals surface area contributed by atoms with Crippen LogP contribution < -0.4 is 5.32 Å². The zero-order chi connectivity index (χ0) is 16.8. The zero-order valence-corrected chi connectivity index (χ0v) is 11.9. The van der Waals surface area contributed by atoms with Gasteiger partial charge < -0.3 is 10.4 Å². The van der Waals surface area contributed by atoms with Crippen LogP contribution in [-0.4, -0.2) is 17.0 Å². The Morgan fingerprint density at radius 2 is 1.78 bits per heavy atom. The van der Waals surface area contributed by atoms with Crippen LogP contribution in [0.3, 0.4) is 0 Å². The molecule has 0 aliphatic heterocycles. The number of hydrogen-bond acceptors (Lipinski definition) is 2. The number of anilines is 1. The van der Waals surface area contributed by atoms with E-state index in [0.717, 1.165) is 12.1 Å². The molecule has 0 radical (unpaired) electrons. The Bertz CT molecular complexity index is 683. The second kappa shape index (κ2) is 5.40. The Morgan fingerprint density at radius 1 is 1.13 bits per heavy atom. The van der Waals surface area contributed by atoms with Crippen molar-refractivity contribution in [1.29, 1.82) is 0 Å². The van der Waals surface area contributed by atoms with Crippen molar-refractivity contribution in [2.75, 3.05) is 5.32 Å². The molecule has 1 aromatic rings. The molecule has 1 saturated carbocycles. The highest BCUT2D eigenvalue weighted by molar-refractivity contribution is 5.96. The second-order valence-electron chi connectivity index (χ2n) is 5.91. The number of carbonyl (C=O) groups is 2. The molecule has 23 heavy (non-hydrogen) atoms. The van der Waals surface area contributed by atoms with Crippen LogP contribution in [0.5, 0.6) is 0 Å². The lowest BCUT2D eigenvalue weighted by Crippen LogP contribution is -2.36. The largest absolute Gasteiger partial charge is 0.481 e. The van der Waals surface area contributed by atoms with Gasteiger partial charge >= 0.3 is 12.1 Å². The minimum absolute atomic E-state index is 0.0146. The van der Waals surface area contributed by atoms with Gasteiger partial charge in [0.1, 0.15) is 0 Å². The van der Waals surface area contributed by atoms with Gasteiger partial charge in [-0.2, -0.15) is 13.2 Å². The second-order valence-corrected chi connectivity index (χ2v) is 5.91. The highest BCUT2D eigenvalue weighted by atomic mass is 19.4. The summed E-state index contributed by atoms with van der Waals surface area (Å²) < 4.78 is 38.1. The van der Waals surface area contributed by atoms with Gasteiger partial charge in [-0.3, -0.25) is 9.59 Å². The maximum atomic E-state index is 12.7. The summed E-state index contributed by atoms with van der Waals surface area (Å²) in [6.45, 7) is 0. The van der Waals surface area contributed by atoms with E-state index in [9.17, 15) is 27.9 Å². The molecular weight excluding hydrogens is 311 g/mol. The van der Waals surface area contributed by atoms with E-state index in [1.807, 2.05) is 6.08 Å². The van der Waals surface area contributed by atoms with Crippen molar-refractivity contribution in [1.82, 2.24) is 0 Å². The first-order valence-corrected chi connectivity index (χ1v) is 7.16. The van der Waals surface area contributed by atoms with Crippen LogP contribution in [0.25, 0.3) is 0 Å². The molecule has 1 aromatic carbocycles. The van der Waals surface area contributed by atoms with Crippen molar-refractivity contribution >= 4 is 17.6 Å². The number of halogens is 3. The monoisotopic (exact) mass is 325 g/mol. The van der Waals surface area contributed by atoms with E-state index in [1.165, 1.54) is 12.1 Å². The third-order valence-electron chi connectivity index (χ3n) is 4.50. The SMILES string of the molecule is O=C(O)[C@H]1[C@H](C(=O)Nc2cccc(C(F)(F)F)c2)[C@H]2C=C[C@H]1C2. The van der Waals surface area contributed by atoms with Crippen LogP contribution in [0.4, 0.5) is 18.9 Å². The highest BCUT2D eigenvalue weighted by Crippen LogP contribution is 2.48. The molecule has 4 nitrogen and oxygen atoms in total. The fourth-order valence-electron chi connectivity index (χ4n) is 3.52. The third kappa shape index (κ3) is 2.83. The molecule has 2 N–H and O–H groups in total. The van der Waals surface area contributed by atoms with Gasteiger partial charge in [-0.1, -0.05) is 18.2 Å². The predicted molar refractivity (Wildman–Crippen MR) is 75.4 cm³/mol. The van der Waals surface area contributed by atoms with Crippen LogP contribution in [0.15, 0.2) is 36.4 Å². The molecule has 2 bridgehead atoms. The Labute approximate surface area is 130 Å². The number of benzene rings is 1. The van der Waals surface area contributed by atoms with Gasteiger partial charge in [0.2, 0.25) is 5.91 Å². The summed E-state index contributed by atoms with van der Waals surface area (Å²) in [7, 11) is 0. The van der Waals surface area contributed by atoms with Crippen molar-refractivity contribution in [3.8, 4) is 0 Å². The Morgan fingerprint density at radius 3 is 2.39 bits per heavy atom. The Kier molecular flexibility index (Phi) is 3.66. The minimum Gasteiger partial charge on any atom is -0.481 e. The fourth-order valence-corrected chi connectivity index (χ4v) is 3.52. The number of carboxylic acid groups (broad SMARTS) is 1. The standard InChI is InChI=1S/C16H14F3NO3/c17-16(18,19)10-2-1-3-11(7-10)20-14(21)12-8-4-5-9(6-8)13(12)15(22)23/h1-5,7-9,12-13H,6H2,(H,20,21)(H,22,23)/t8-,9-,12+,13+/m0/s1. The highest BCUT2D eigenvalue weighted by Gasteiger charge is 2.51. The van der Waals surface area contributed by atoms with E-state index in [-0.39, 0.29) is 17.5 Å². The van der Waals surface area contributed by atoms with Gasteiger partial charge in [0, 0.05) is 5.69 Å². The van der Waals surface area contributed by atoms with Crippen molar-refractivity contribution in [2.45, 2.75) is 12.6 Å². The lowest BCUT2D eigenvalue weighted by molar-refractivity contribution is -0.146. The topological polar surface area (TPSA) is 66.4 Å². The van der Waals surface area contributed by atoms with Gasteiger partial charge in [-0.25, -0.2) is 0 Å². The number of hydrogen-bond donors (Lipinski definition) is 2. The van der Waals surface area contributed by atoms with E-state index < -0.39 is 35.5 Å². The summed E-state index contributed by atoms with van der Waals surface area (Å²) in [5.74, 6) is -3.53. The van der Waals surface area contributed by atoms with Crippen LogP contribution in [0.1, 0.15) is 12.0 Å². The number of carboxylic acids is 1. The molecule has 0 unspecified atom stereocenters. The number of nitrogens with one attached hydrogen (secondary N) is 1. The molecule has 0 spiro atoms. The summed E-state index contributed by atoms with van der Waals surface area (Å²) >= 11 is 0. The van der Waals surface area contributed by atoms with Gasteiger partial charge in [-0.05, 0) is 36.5 Å². The normalized spacial score (nSPS) is 28.8. The minimum atomic E-state index is -4.50. The fraction of sp³-hybridized carbons (Fsp3) is 0.375. The Hall–Kier alpha value is -2.31. The van der Waals surface area contributed by atoms with Crippen LogP contribution in [-0.2, 0) is 15.8 Å². The molecular formula is C16H14F3NO3. The maximum absolute atomic E-state index is 12.7. The number of aliphatic carboxylic acids is 1. The van der Waals surface area contributed by atoms with Gasteiger partial charge in [0.25, 0.3) is 0 Å². The van der Waals surface area contributed by atoms with Crippen LogP contribution in [0.2, 0.25) is 0 Å². The summed E-state index contributed by atoms with van der Waals surface area (Å²) in [4.78, 5) is 23.8. The quantitative estimate of drug-likeness (QED) is 0.839. The van der Waals surface area contributed by atoms with Crippen molar-refractivity contribution in [3.63, 3.8) is 0 Å². The number of carbonyl (C=O) groups excluding carboxylic acids is 1. The summed E-state index contributed by atoms with van der Waals surface area (Å²) in [6, 6.07) is 4.31. The third-order valence-corrected chi connectivity index (χ3v) is 4.50. The predicted octanol–water partition coefficient (Wildman–Crippen LogP) is 3.17. The lowest BCUT2D eigenvalue weighted by atomic mass is 9.82. The zero-order valence-electron chi connectivity index (χ0n) is 11.9. The van der Waals surface area contributed by atoms with E-state index >= 15 is 0 Å². The first kappa shape index (κ1) is 15.6. The average Bonchev–Trinajstić information content (AvgIpc) is 3.07. The molecule has 1 amide bonds. The van der Waals surface area contributed by atoms with E-state index in [1.54, 1.807) is 6.08 Å². The molecule has 3 rings (SSSR count). The molecule has 1 fully saturated rings. The molecule has 7 heteroatoms. The van der Waals surface area contributed by atoms with Gasteiger partial charge in [0.05, 0.1) is 17.4 Å².